The van der Waals surface area contributed by atoms with Crippen molar-refractivity contribution in [2.45, 2.75) is 25.9 Å². The molecule has 18 heavy (non-hydrogen) atoms. The van der Waals surface area contributed by atoms with Crippen LogP contribution >= 0.6 is 0 Å². The van der Waals surface area contributed by atoms with Crippen LogP contribution in [-0.4, -0.2) is 42.3 Å². The molecule has 0 amide bonds. The van der Waals surface area contributed by atoms with Gasteiger partial charge in [-0.05, 0) is 19.4 Å². The molecular weight excluding hydrogens is 254 g/mol. The molecule has 0 radical (unpaired) electrons. The van der Waals surface area contributed by atoms with Crippen LogP contribution < -0.4 is 10.9 Å². The number of sulfone groups is 1. The largest absolute Gasteiger partial charge is 0.311 e. The molecule has 1 aliphatic rings. The first-order valence-corrected chi connectivity index (χ1v) is 7.77. The van der Waals surface area contributed by atoms with E-state index in [0.29, 0.717) is 19.5 Å². The molecule has 7 heteroatoms. The minimum atomic E-state index is -2.85. The second-order valence-electron chi connectivity index (χ2n) is 4.59. The van der Waals surface area contributed by atoms with Gasteiger partial charge in [0.05, 0.1) is 23.7 Å². The maximum atomic E-state index is 11.5. The van der Waals surface area contributed by atoms with Crippen LogP contribution in [-0.2, 0) is 16.4 Å². The van der Waals surface area contributed by atoms with Gasteiger partial charge < -0.3 is 5.32 Å². The van der Waals surface area contributed by atoms with Crippen LogP contribution in [0.4, 0.5) is 0 Å². The predicted octanol–water partition coefficient (Wildman–Crippen LogP) is -0.672. The number of hydrogen-bond donors (Lipinski definition) is 1. The molecule has 100 valence electrons. The summed E-state index contributed by atoms with van der Waals surface area (Å²) >= 11 is 0. The Hall–Kier alpha value is -1.21. The quantitative estimate of drug-likeness (QED) is 0.785. The van der Waals surface area contributed by atoms with Crippen molar-refractivity contribution >= 4 is 9.84 Å². The summed E-state index contributed by atoms with van der Waals surface area (Å²) in [5.41, 5.74) is 0.652. The molecule has 1 fully saturated rings. The number of aryl methyl sites for hydroxylation is 1. The Balaban J connectivity index is 1.86. The SMILES string of the molecule is Cc1ccc(=O)n(CCNC2CCS(=O)(=O)C2)n1. The van der Waals surface area contributed by atoms with Crippen molar-refractivity contribution in [3.63, 3.8) is 0 Å². The minimum absolute atomic E-state index is 0.00973. The van der Waals surface area contributed by atoms with E-state index in [9.17, 15) is 13.2 Å². The first-order valence-electron chi connectivity index (χ1n) is 5.95. The first-order chi connectivity index (χ1) is 8.46. The van der Waals surface area contributed by atoms with Gasteiger partial charge >= 0.3 is 0 Å². The Morgan fingerprint density at radius 2 is 2.28 bits per heavy atom. The van der Waals surface area contributed by atoms with E-state index < -0.39 is 9.84 Å². The van der Waals surface area contributed by atoms with Crippen LogP contribution in [0.25, 0.3) is 0 Å². The lowest BCUT2D eigenvalue weighted by Crippen LogP contribution is -2.35. The number of aromatic nitrogens is 2. The predicted molar refractivity (Wildman–Crippen MR) is 68.3 cm³/mol. The van der Waals surface area contributed by atoms with E-state index in [0.717, 1.165) is 5.69 Å². The third-order valence-electron chi connectivity index (χ3n) is 2.99. The summed E-state index contributed by atoms with van der Waals surface area (Å²) in [6.45, 7) is 2.83. The Morgan fingerprint density at radius 3 is 2.94 bits per heavy atom. The van der Waals surface area contributed by atoms with Crippen LogP contribution in [0.2, 0.25) is 0 Å². The summed E-state index contributed by atoms with van der Waals surface area (Å²) in [6.07, 6.45) is 0.651. The van der Waals surface area contributed by atoms with E-state index in [-0.39, 0.29) is 23.1 Å². The first kappa shape index (κ1) is 13.2. The highest BCUT2D eigenvalue weighted by Crippen LogP contribution is 2.10. The highest BCUT2D eigenvalue weighted by molar-refractivity contribution is 7.91. The lowest BCUT2D eigenvalue weighted by molar-refractivity contribution is 0.484. The van der Waals surface area contributed by atoms with E-state index in [4.69, 9.17) is 0 Å². The number of nitrogens with one attached hydrogen (secondary N) is 1. The molecule has 0 aromatic carbocycles. The molecule has 0 aliphatic carbocycles. The maximum absolute atomic E-state index is 11.5. The van der Waals surface area contributed by atoms with Crippen LogP contribution in [0, 0.1) is 6.92 Å². The van der Waals surface area contributed by atoms with Gasteiger partial charge in [0.2, 0.25) is 0 Å². The van der Waals surface area contributed by atoms with Gasteiger partial charge in [-0.25, -0.2) is 13.1 Å². The molecule has 1 unspecified atom stereocenters. The molecule has 2 rings (SSSR count). The van der Waals surface area contributed by atoms with Crippen LogP contribution in [0.15, 0.2) is 16.9 Å². The lowest BCUT2D eigenvalue weighted by Gasteiger charge is -2.11. The van der Waals surface area contributed by atoms with E-state index in [1.54, 1.807) is 6.07 Å². The summed E-state index contributed by atoms with van der Waals surface area (Å²) in [5, 5.41) is 7.26. The third kappa shape index (κ3) is 3.39. The molecule has 2 heterocycles. The molecule has 1 aromatic heterocycles. The van der Waals surface area contributed by atoms with Crippen molar-refractivity contribution in [3.8, 4) is 0 Å². The highest BCUT2D eigenvalue weighted by Gasteiger charge is 2.27. The zero-order valence-electron chi connectivity index (χ0n) is 10.3. The molecule has 1 aliphatic heterocycles. The molecule has 0 spiro atoms. The minimum Gasteiger partial charge on any atom is -0.311 e. The van der Waals surface area contributed by atoms with Gasteiger partial charge in [-0.2, -0.15) is 5.10 Å². The van der Waals surface area contributed by atoms with Gasteiger partial charge in [0.1, 0.15) is 0 Å². The number of hydrogen-bond acceptors (Lipinski definition) is 5. The summed E-state index contributed by atoms with van der Waals surface area (Å²) < 4.78 is 23.9. The molecule has 1 atom stereocenters. The van der Waals surface area contributed by atoms with Crippen LogP contribution in [0.1, 0.15) is 12.1 Å². The zero-order chi connectivity index (χ0) is 13.2. The summed E-state index contributed by atoms with van der Waals surface area (Å²) in [7, 11) is -2.85. The highest BCUT2D eigenvalue weighted by atomic mass is 32.2. The smallest absolute Gasteiger partial charge is 0.266 e. The van der Waals surface area contributed by atoms with Crippen molar-refractivity contribution in [2.75, 3.05) is 18.1 Å². The van der Waals surface area contributed by atoms with Crippen molar-refractivity contribution in [2.24, 2.45) is 0 Å². The molecular formula is C11H17N3O3S. The Bertz CT molecular complexity index is 579. The molecule has 1 saturated heterocycles. The average Bonchev–Trinajstić information content (AvgIpc) is 2.63. The van der Waals surface area contributed by atoms with Gasteiger partial charge in [-0.1, -0.05) is 0 Å². The standard InChI is InChI=1S/C11H17N3O3S/c1-9-2-3-11(15)14(13-9)6-5-12-10-4-7-18(16,17)8-10/h2-3,10,12H,4-8H2,1H3. The van der Waals surface area contributed by atoms with E-state index in [2.05, 4.69) is 10.4 Å². The van der Waals surface area contributed by atoms with Crippen LogP contribution in [0.3, 0.4) is 0 Å². The molecule has 1 N–H and O–H groups in total. The van der Waals surface area contributed by atoms with Gasteiger partial charge in [0.25, 0.3) is 5.56 Å². The summed E-state index contributed by atoms with van der Waals surface area (Å²) in [6, 6.07) is 3.17. The lowest BCUT2D eigenvalue weighted by atomic mass is 10.3. The van der Waals surface area contributed by atoms with Crippen LogP contribution in [0.5, 0.6) is 0 Å². The molecule has 6 nitrogen and oxygen atoms in total. The second-order valence-corrected chi connectivity index (χ2v) is 6.82. The number of nitrogens with zero attached hydrogens (tertiary/aromatic N) is 2. The topological polar surface area (TPSA) is 81.1 Å². The fraction of sp³-hybridized carbons (Fsp3) is 0.636. The van der Waals surface area contributed by atoms with Gasteiger partial charge in [-0.15, -0.1) is 0 Å². The third-order valence-corrected chi connectivity index (χ3v) is 4.76. The van der Waals surface area contributed by atoms with E-state index in [1.807, 2.05) is 6.92 Å². The Morgan fingerprint density at radius 1 is 1.50 bits per heavy atom. The van der Waals surface area contributed by atoms with Gasteiger partial charge in [-0.3, -0.25) is 4.79 Å². The molecule has 0 saturated carbocycles. The van der Waals surface area contributed by atoms with Crippen molar-refractivity contribution < 1.29 is 8.42 Å². The van der Waals surface area contributed by atoms with E-state index in [1.165, 1.54) is 10.7 Å². The summed E-state index contributed by atoms with van der Waals surface area (Å²) in [5.74, 6) is 0.455. The number of rotatable bonds is 4. The van der Waals surface area contributed by atoms with E-state index >= 15 is 0 Å². The average molecular weight is 271 g/mol. The second kappa shape index (κ2) is 5.19. The van der Waals surface area contributed by atoms with Gasteiger partial charge in [0, 0.05) is 18.7 Å². The maximum Gasteiger partial charge on any atom is 0.266 e. The zero-order valence-corrected chi connectivity index (χ0v) is 11.1. The van der Waals surface area contributed by atoms with Crippen molar-refractivity contribution in [1.29, 1.82) is 0 Å². The monoisotopic (exact) mass is 271 g/mol. The van der Waals surface area contributed by atoms with Crippen molar-refractivity contribution in [3.05, 3.63) is 28.2 Å². The Kier molecular flexibility index (Phi) is 3.82. The van der Waals surface area contributed by atoms with Crippen molar-refractivity contribution in [1.82, 2.24) is 15.1 Å². The fourth-order valence-corrected chi connectivity index (χ4v) is 3.75. The molecule has 1 aromatic rings. The fourth-order valence-electron chi connectivity index (χ4n) is 2.04. The summed E-state index contributed by atoms with van der Waals surface area (Å²) in [4.78, 5) is 11.5. The van der Waals surface area contributed by atoms with Gasteiger partial charge in [0.15, 0.2) is 9.84 Å². The normalized spacial score (nSPS) is 22.2. The Labute approximate surface area is 106 Å². The molecule has 0 bridgehead atoms.